The van der Waals surface area contributed by atoms with Crippen molar-refractivity contribution in [1.82, 2.24) is 29.1 Å². The Morgan fingerprint density at radius 2 is 1.01 bits per heavy atom. The Labute approximate surface area is 456 Å². The van der Waals surface area contributed by atoms with Crippen molar-refractivity contribution in [2.75, 3.05) is 0 Å². The molecule has 2 aliphatic carbocycles. The number of allylic oxidation sites excluding steroid dienone is 5. The molecule has 0 bridgehead atoms. The molecule has 0 saturated heterocycles. The number of rotatable bonds is 7. The Morgan fingerprint density at radius 1 is 0.430 bits per heavy atom. The molecular formula is C73H50N6. The summed E-state index contributed by atoms with van der Waals surface area (Å²) in [5.41, 5.74) is 18.3. The highest BCUT2D eigenvalue weighted by Gasteiger charge is 2.39. The first-order chi connectivity index (χ1) is 38.9. The number of hydrogen-bond donors (Lipinski definition) is 0. The molecule has 372 valence electrons. The maximum atomic E-state index is 5.53. The average molecular weight is 1010 g/mol. The molecule has 0 atom stereocenters. The second-order valence-electron chi connectivity index (χ2n) is 21.7. The molecule has 14 aromatic rings. The third kappa shape index (κ3) is 7.04. The topological polar surface area (TPSA) is 61.4 Å². The molecule has 79 heavy (non-hydrogen) atoms. The molecule has 10 aromatic carbocycles. The second-order valence-corrected chi connectivity index (χ2v) is 21.7. The predicted molar refractivity (Wildman–Crippen MR) is 328 cm³/mol. The van der Waals surface area contributed by atoms with E-state index in [1.165, 1.54) is 32.9 Å². The monoisotopic (exact) mass is 1010 g/mol. The minimum absolute atomic E-state index is 0.268. The first-order valence-corrected chi connectivity index (χ1v) is 27.3. The van der Waals surface area contributed by atoms with Gasteiger partial charge >= 0.3 is 0 Å². The van der Waals surface area contributed by atoms with E-state index in [-0.39, 0.29) is 5.41 Å². The summed E-state index contributed by atoms with van der Waals surface area (Å²) in [5.74, 6) is 1.36. The molecular weight excluding hydrogens is 961 g/mol. The van der Waals surface area contributed by atoms with Crippen LogP contribution in [0.2, 0.25) is 0 Å². The molecule has 0 aliphatic heterocycles. The van der Waals surface area contributed by atoms with E-state index >= 15 is 0 Å². The lowest BCUT2D eigenvalue weighted by molar-refractivity contribution is 0.635. The quantitative estimate of drug-likeness (QED) is 0.149. The number of benzene rings is 10. The van der Waals surface area contributed by atoms with Gasteiger partial charge in [0.2, 0.25) is 5.95 Å². The zero-order valence-corrected chi connectivity index (χ0v) is 43.7. The zero-order chi connectivity index (χ0) is 52.3. The lowest BCUT2D eigenvalue weighted by atomic mass is 9.75. The minimum atomic E-state index is -0.268. The van der Waals surface area contributed by atoms with Gasteiger partial charge in [0.25, 0.3) is 0 Å². The van der Waals surface area contributed by atoms with Crippen molar-refractivity contribution in [3.63, 3.8) is 0 Å². The van der Waals surface area contributed by atoms with Crippen LogP contribution in [0.4, 0.5) is 0 Å². The van der Waals surface area contributed by atoms with Crippen molar-refractivity contribution < 1.29 is 0 Å². The van der Waals surface area contributed by atoms with E-state index in [2.05, 4.69) is 266 Å². The van der Waals surface area contributed by atoms with Crippen molar-refractivity contribution in [3.8, 4) is 56.7 Å². The largest absolute Gasteiger partial charge is 0.309 e. The molecule has 0 spiro atoms. The van der Waals surface area contributed by atoms with Gasteiger partial charge in [0.1, 0.15) is 0 Å². The Hall–Kier alpha value is -10.0. The summed E-state index contributed by atoms with van der Waals surface area (Å²) < 4.78 is 4.67. The highest BCUT2D eigenvalue weighted by atomic mass is 15.2. The molecule has 4 heterocycles. The standard InChI is InChI=1S/C73H50N6/c1-73(2)60(47-21-7-3-8-22-47)44-61-67(73)69(49-25-11-5-12-26-49)75-71(74-61)52-35-39-63-58(43-52)57-41-50(33-37-62(57)78(63)53-27-13-6-14-28-53)51-34-38-64-59(42-51)66-54-29-17-15-19-45(54)32-40-65(66)79(64)72-76-68(48-23-9-4-10-24-48)56-36-31-46-20-16-18-30-55(46)70(56)77-72/h3-7,9-21,23-44H,8,22H2,1-2H3. The molecule has 0 unspecified atom stereocenters. The zero-order valence-electron chi connectivity index (χ0n) is 43.7. The van der Waals surface area contributed by atoms with Crippen LogP contribution in [0.1, 0.15) is 37.9 Å². The number of fused-ring (bicyclic) bond motifs is 12. The maximum Gasteiger partial charge on any atom is 0.235 e. The van der Waals surface area contributed by atoms with Crippen molar-refractivity contribution in [2.45, 2.75) is 32.1 Å². The van der Waals surface area contributed by atoms with Gasteiger partial charge in [0, 0.05) is 65.7 Å². The van der Waals surface area contributed by atoms with Gasteiger partial charge < -0.3 is 4.57 Å². The van der Waals surface area contributed by atoms with Crippen molar-refractivity contribution in [3.05, 3.63) is 259 Å². The number of para-hydroxylation sites is 1. The van der Waals surface area contributed by atoms with Crippen LogP contribution in [-0.2, 0) is 5.41 Å². The van der Waals surface area contributed by atoms with Gasteiger partial charge in [0.15, 0.2) is 5.82 Å². The summed E-state index contributed by atoms with van der Waals surface area (Å²) >= 11 is 0. The summed E-state index contributed by atoms with van der Waals surface area (Å²) in [6.07, 6.45) is 11.1. The molecule has 6 nitrogen and oxygen atoms in total. The lowest BCUT2D eigenvalue weighted by Gasteiger charge is -2.28. The van der Waals surface area contributed by atoms with Crippen LogP contribution >= 0.6 is 0 Å². The summed E-state index contributed by atoms with van der Waals surface area (Å²) in [5, 5.41) is 10.2. The molecule has 6 heteroatoms. The van der Waals surface area contributed by atoms with Crippen molar-refractivity contribution in [1.29, 1.82) is 0 Å². The van der Waals surface area contributed by atoms with E-state index in [9.17, 15) is 0 Å². The summed E-state index contributed by atoms with van der Waals surface area (Å²) in [7, 11) is 0. The molecule has 0 saturated carbocycles. The van der Waals surface area contributed by atoms with Crippen LogP contribution in [0.5, 0.6) is 0 Å². The van der Waals surface area contributed by atoms with Crippen molar-refractivity contribution in [2.24, 2.45) is 0 Å². The van der Waals surface area contributed by atoms with Gasteiger partial charge in [-0.25, -0.2) is 19.9 Å². The SMILES string of the molecule is CC1(C)C(C2=CC=CCC2)=Cc2nc(-c3ccc4c(c3)c3cc(-c5ccc6c(c5)c5c7ccccc7ccc5n6-c5nc(-c6ccccc6)c6ccc7ccccc7c6n5)ccc3n4-c3ccccc3)nc(-c3ccccc3)c21. The second kappa shape index (κ2) is 17.5. The van der Waals surface area contributed by atoms with Gasteiger partial charge in [-0.1, -0.05) is 184 Å². The minimum Gasteiger partial charge on any atom is -0.309 e. The molecule has 2 aliphatic rings. The smallest absolute Gasteiger partial charge is 0.235 e. The Bertz CT molecular complexity index is 4960. The van der Waals surface area contributed by atoms with E-state index in [0.717, 1.165) is 129 Å². The predicted octanol–water partition coefficient (Wildman–Crippen LogP) is 18.5. The van der Waals surface area contributed by atoms with Crippen LogP contribution < -0.4 is 0 Å². The molecule has 0 fully saturated rings. The number of nitrogens with zero attached hydrogens (tertiary/aromatic N) is 6. The van der Waals surface area contributed by atoms with Gasteiger partial charge in [-0.15, -0.1) is 0 Å². The molecule has 0 radical (unpaired) electrons. The maximum absolute atomic E-state index is 5.53. The van der Waals surface area contributed by atoms with Crippen LogP contribution in [0.3, 0.4) is 0 Å². The first kappa shape index (κ1) is 45.2. The Balaban J connectivity index is 0.904. The van der Waals surface area contributed by atoms with E-state index in [1.54, 1.807) is 0 Å². The molecule has 0 amide bonds. The highest BCUT2D eigenvalue weighted by Crippen LogP contribution is 2.50. The summed E-state index contributed by atoms with van der Waals surface area (Å²) in [6.45, 7) is 4.67. The highest BCUT2D eigenvalue weighted by molar-refractivity contribution is 6.22. The van der Waals surface area contributed by atoms with E-state index < -0.39 is 0 Å². The molecule has 4 aromatic heterocycles. The van der Waals surface area contributed by atoms with Crippen LogP contribution in [0.25, 0.3) is 139 Å². The fourth-order valence-corrected chi connectivity index (χ4v) is 13.1. The Morgan fingerprint density at radius 3 is 1.72 bits per heavy atom. The van der Waals surface area contributed by atoms with Gasteiger partial charge in [-0.05, 0) is 124 Å². The van der Waals surface area contributed by atoms with Crippen LogP contribution in [-0.4, -0.2) is 29.1 Å². The average Bonchev–Trinajstić information content (AvgIpc) is 4.30. The number of aromatic nitrogens is 6. The third-order valence-electron chi connectivity index (χ3n) is 16.8. The normalized spacial score (nSPS) is 14.1. The van der Waals surface area contributed by atoms with E-state index in [0.29, 0.717) is 5.95 Å². The number of hydrogen-bond acceptors (Lipinski definition) is 4. The fraction of sp³-hybridized carbons (Fsp3) is 0.0685. The molecule has 0 N–H and O–H groups in total. The fourth-order valence-electron chi connectivity index (χ4n) is 13.1. The first-order valence-electron chi connectivity index (χ1n) is 27.3. The van der Waals surface area contributed by atoms with Gasteiger partial charge in [0.05, 0.1) is 44.7 Å². The lowest BCUT2D eigenvalue weighted by Crippen LogP contribution is -2.21. The van der Waals surface area contributed by atoms with Crippen molar-refractivity contribution >= 4 is 82.1 Å². The third-order valence-corrected chi connectivity index (χ3v) is 16.8. The van der Waals surface area contributed by atoms with E-state index in [1.807, 2.05) is 0 Å². The van der Waals surface area contributed by atoms with E-state index in [4.69, 9.17) is 19.9 Å². The van der Waals surface area contributed by atoms with Crippen LogP contribution in [0, 0.1) is 0 Å². The molecule has 16 rings (SSSR count). The van der Waals surface area contributed by atoms with Gasteiger partial charge in [-0.3, -0.25) is 4.57 Å². The summed E-state index contributed by atoms with van der Waals surface area (Å²) in [4.78, 5) is 22.0. The Kier molecular flexibility index (Phi) is 10.0. The van der Waals surface area contributed by atoms with Crippen LogP contribution in [0.15, 0.2) is 248 Å². The summed E-state index contributed by atoms with van der Waals surface area (Å²) in [6, 6.07) is 78.6. The van der Waals surface area contributed by atoms with Gasteiger partial charge in [-0.2, -0.15) is 0 Å².